The second-order valence-electron chi connectivity index (χ2n) is 8.17. The van der Waals surface area contributed by atoms with Gasteiger partial charge in [-0.2, -0.15) is 0 Å². The molecule has 0 heterocycles. The van der Waals surface area contributed by atoms with Crippen LogP contribution < -0.4 is 5.32 Å². The van der Waals surface area contributed by atoms with Crippen LogP contribution in [0.15, 0.2) is 0 Å². The van der Waals surface area contributed by atoms with Crippen molar-refractivity contribution in [2.45, 2.75) is 65.7 Å². The predicted molar refractivity (Wildman–Crippen MR) is 73.1 cm³/mol. The zero-order chi connectivity index (χ0) is 13.0. The van der Waals surface area contributed by atoms with E-state index in [0.717, 1.165) is 38.1 Å². The highest BCUT2D eigenvalue weighted by Gasteiger charge is 2.62. The number of hydrogen-bond acceptors (Lipinski definition) is 1. The minimum Gasteiger partial charge on any atom is -0.356 e. The topological polar surface area (TPSA) is 29.1 Å². The average Bonchev–Trinajstić information content (AvgIpc) is 2.20. The summed E-state index contributed by atoms with van der Waals surface area (Å²) >= 11 is 0. The third kappa shape index (κ3) is 1.80. The van der Waals surface area contributed by atoms with E-state index in [1.807, 2.05) is 0 Å². The molecule has 4 rings (SSSR count). The van der Waals surface area contributed by atoms with Crippen LogP contribution in [0.3, 0.4) is 0 Å². The average molecular weight is 249 g/mol. The minimum atomic E-state index is -0.0158. The molecule has 4 saturated carbocycles. The zero-order valence-corrected chi connectivity index (χ0v) is 12.1. The van der Waals surface area contributed by atoms with Gasteiger partial charge in [-0.1, -0.05) is 20.8 Å². The van der Waals surface area contributed by atoms with E-state index in [1.165, 1.54) is 19.3 Å². The van der Waals surface area contributed by atoms with Gasteiger partial charge < -0.3 is 5.32 Å². The summed E-state index contributed by atoms with van der Waals surface area (Å²) in [5, 5.41) is 3.18. The summed E-state index contributed by atoms with van der Waals surface area (Å²) in [6.07, 6.45) is 8.56. The van der Waals surface area contributed by atoms with Gasteiger partial charge in [0.1, 0.15) is 0 Å². The smallest absolute Gasteiger partial charge is 0.226 e. The Morgan fingerprint density at radius 3 is 2.22 bits per heavy atom. The third-order valence-electron chi connectivity index (χ3n) is 5.64. The molecule has 0 unspecified atom stereocenters. The molecular weight excluding hydrogens is 222 g/mol. The normalized spacial score (nSPS) is 49.4. The van der Waals surface area contributed by atoms with Gasteiger partial charge >= 0.3 is 0 Å². The van der Waals surface area contributed by atoms with Crippen LogP contribution in [0.4, 0.5) is 0 Å². The number of carbonyl (C=O) groups is 1. The van der Waals surface area contributed by atoms with Crippen LogP contribution in [0.5, 0.6) is 0 Å². The van der Waals surface area contributed by atoms with Crippen LogP contribution in [-0.4, -0.2) is 12.5 Å². The van der Waals surface area contributed by atoms with Crippen molar-refractivity contribution in [3.05, 3.63) is 0 Å². The van der Waals surface area contributed by atoms with E-state index in [9.17, 15) is 4.79 Å². The molecule has 18 heavy (non-hydrogen) atoms. The number of nitrogens with one attached hydrogen (secondary N) is 1. The van der Waals surface area contributed by atoms with Gasteiger partial charge in [-0.15, -0.1) is 0 Å². The highest BCUT2D eigenvalue weighted by Crippen LogP contribution is 2.69. The maximum Gasteiger partial charge on any atom is 0.226 e. The first-order valence-electron chi connectivity index (χ1n) is 7.67. The van der Waals surface area contributed by atoms with E-state index < -0.39 is 0 Å². The molecule has 1 amide bonds. The Morgan fingerprint density at radius 2 is 1.72 bits per heavy atom. The maximum atomic E-state index is 12.6. The van der Waals surface area contributed by atoms with Crippen molar-refractivity contribution < 1.29 is 4.79 Å². The second-order valence-corrected chi connectivity index (χ2v) is 8.17. The van der Waals surface area contributed by atoms with Gasteiger partial charge in [0.05, 0.1) is 5.41 Å². The molecule has 4 aliphatic carbocycles. The summed E-state index contributed by atoms with van der Waals surface area (Å²) in [4.78, 5) is 12.6. The van der Waals surface area contributed by atoms with Crippen LogP contribution in [-0.2, 0) is 4.79 Å². The predicted octanol–water partition coefficient (Wildman–Crippen LogP) is 3.51. The second kappa shape index (κ2) is 3.74. The van der Waals surface area contributed by atoms with Gasteiger partial charge in [-0.3, -0.25) is 4.79 Å². The van der Waals surface area contributed by atoms with Gasteiger partial charge in [-0.05, 0) is 61.7 Å². The van der Waals surface area contributed by atoms with Crippen molar-refractivity contribution >= 4 is 5.91 Å². The van der Waals surface area contributed by atoms with E-state index in [2.05, 4.69) is 26.1 Å². The molecule has 0 spiro atoms. The van der Waals surface area contributed by atoms with Gasteiger partial charge in [0.25, 0.3) is 0 Å². The number of hydrogen-bond donors (Lipinski definition) is 1. The van der Waals surface area contributed by atoms with Crippen LogP contribution in [0.25, 0.3) is 0 Å². The summed E-state index contributed by atoms with van der Waals surface area (Å²) in [5.41, 5.74) is 0.869. The van der Waals surface area contributed by atoms with Crippen molar-refractivity contribution in [3.8, 4) is 0 Å². The minimum absolute atomic E-state index is 0.0158. The molecular formula is C16H27NO. The van der Waals surface area contributed by atoms with Gasteiger partial charge in [0, 0.05) is 6.54 Å². The Hall–Kier alpha value is -0.530. The molecule has 0 radical (unpaired) electrons. The summed E-state index contributed by atoms with van der Waals surface area (Å²) in [5.74, 6) is 1.18. The first-order valence-corrected chi connectivity index (χ1v) is 7.67. The van der Waals surface area contributed by atoms with Crippen molar-refractivity contribution in [3.63, 3.8) is 0 Å². The SMILES string of the molecule is CCCNC(=O)C12CC3C[C@](C)(C1)C[C@](C)(C3)C2. The number of amides is 1. The number of rotatable bonds is 3. The summed E-state index contributed by atoms with van der Waals surface area (Å²) < 4.78 is 0. The molecule has 102 valence electrons. The highest BCUT2D eigenvalue weighted by molar-refractivity contribution is 5.83. The zero-order valence-electron chi connectivity index (χ0n) is 12.1. The molecule has 4 bridgehead atoms. The lowest BCUT2D eigenvalue weighted by atomic mass is 9.40. The van der Waals surface area contributed by atoms with Crippen LogP contribution >= 0.6 is 0 Å². The van der Waals surface area contributed by atoms with Gasteiger partial charge in [0.2, 0.25) is 5.91 Å². The standard InChI is InChI=1S/C16H27NO/c1-4-5-17-13(18)16-8-12-6-14(2,10-16)9-15(3,7-12)11-16/h12H,4-11H2,1-3H3,(H,17,18)/t12?,14-,15-,16?/m0/s1. The maximum absolute atomic E-state index is 12.6. The van der Waals surface area contributed by atoms with Crippen molar-refractivity contribution in [1.82, 2.24) is 5.32 Å². The number of carbonyl (C=O) groups excluding carboxylic acids is 1. The monoisotopic (exact) mass is 249 g/mol. The lowest BCUT2D eigenvalue weighted by Gasteiger charge is -2.64. The molecule has 2 atom stereocenters. The Balaban J connectivity index is 1.86. The van der Waals surface area contributed by atoms with Crippen LogP contribution in [0.1, 0.15) is 65.7 Å². The summed E-state index contributed by atoms with van der Waals surface area (Å²) in [6.45, 7) is 7.83. The molecule has 1 N–H and O–H groups in total. The lowest BCUT2D eigenvalue weighted by molar-refractivity contribution is -0.170. The molecule has 4 aliphatic rings. The largest absolute Gasteiger partial charge is 0.356 e. The fraction of sp³-hybridized carbons (Fsp3) is 0.938. The lowest BCUT2D eigenvalue weighted by Crippen LogP contribution is -2.59. The van der Waals surface area contributed by atoms with E-state index >= 15 is 0 Å². The molecule has 2 nitrogen and oxygen atoms in total. The first-order chi connectivity index (χ1) is 8.39. The van der Waals surface area contributed by atoms with E-state index in [4.69, 9.17) is 0 Å². The van der Waals surface area contributed by atoms with Crippen LogP contribution in [0.2, 0.25) is 0 Å². The van der Waals surface area contributed by atoms with Crippen molar-refractivity contribution in [1.29, 1.82) is 0 Å². The highest BCUT2D eigenvalue weighted by atomic mass is 16.2. The fourth-order valence-electron chi connectivity index (χ4n) is 6.13. The Bertz CT molecular complexity index is 357. The summed E-state index contributed by atoms with van der Waals surface area (Å²) in [6, 6.07) is 0. The molecule has 0 aromatic rings. The molecule has 0 aliphatic heterocycles. The Kier molecular flexibility index (Phi) is 2.60. The fourth-order valence-corrected chi connectivity index (χ4v) is 6.13. The summed E-state index contributed by atoms with van der Waals surface area (Å²) in [7, 11) is 0. The van der Waals surface area contributed by atoms with Crippen molar-refractivity contribution in [2.75, 3.05) is 6.54 Å². The van der Waals surface area contributed by atoms with Crippen molar-refractivity contribution in [2.24, 2.45) is 22.2 Å². The Labute approximate surface area is 111 Å². The van der Waals surface area contributed by atoms with E-state index in [1.54, 1.807) is 0 Å². The molecule has 0 saturated heterocycles. The van der Waals surface area contributed by atoms with E-state index in [0.29, 0.717) is 16.7 Å². The Morgan fingerprint density at radius 1 is 1.11 bits per heavy atom. The van der Waals surface area contributed by atoms with E-state index in [-0.39, 0.29) is 5.41 Å². The van der Waals surface area contributed by atoms with Gasteiger partial charge in [-0.25, -0.2) is 0 Å². The molecule has 2 heteroatoms. The van der Waals surface area contributed by atoms with Crippen LogP contribution in [0, 0.1) is 22.2 Å². The quantitative estimate of drug-likeness (QED) is 0.815. The molecule has 0 aromatic heterocycles. The van der Waals surface area contributed by atoms with Gasteiger partial charge in [0.15, 0.2) is 0 Å². The molecule has 0 aromatic carbocycles. The molecule has 4 fully saturated rings. The third-order valence-corrected chi connectivity index (χ3v) is 5.64. The first kappa shape index (κ1) is 12.5.